The van der Waals surface area contributed by atoms with Crippen LogP contribution in [0, 0.1) is 0 Å². The highest BCUT2D eigenvalue weighted by Gasteiger charge is 2.15. The van der Waals surface area contributed by atoms with Crippen molar-refractivity contribution >= 4 is 17.3 Å². The summed E-state index contributed by atoms with van der Waals surface area (Å²) in [6.07, 6.45) is 6.58. The number of halogens is 1. The van der Waals surface area contributed by atoms with Crippen LogP contribution in [0.3, 0.4) is 0 Å². The SMILES string of the molecule is COCCNCc1cccc(Cl)c1N1CCCCCCC1. The van der Waals surface area contributed by atoms with Crippen molar-refractivity contribution in [1.82, 2.24) is 5.32 Å². The van der Waals surface area contributed by atoms with Crippen molar-refractivity contribution in [1.29, 1.82) is 0 Å². The predicted octanol–water partition coefficient (Wildman–Crippen LogP) is 3.85. The van der Waals surface area contributed by atoms with Gasteiger partial charge in [-0.15, -0.1) is 0 Å². The van der Waals surface area contributed by atoms with Crippen molar-refractivity contribution < 1.29 is 4.74 Å². The number of rotatable bonds is 6. The first-order valence-electron chi connectivity index (χ1n) is 8.05. The summed E-state index contributed by atoms with van der Waals surface area (Å²) in [6, 6.07) is 6.23. The van der Waals surface area contributed by atoms with E-state index < -0.39 is 0 Å². The van der Waals surface area contributed by atoms with Gasteiger partial charge in [-0.2, -0.15) is 0 Å². The van der Waals surface area contributed by atoms with Crippen LogP contribution in [-0.2, 0) is 11.3 Å². The summed E-state index contributed by atoms with van der Waals surface area (Å²) in [5.74, 6) is 0. The third-order valence-electron chi connectivity index (χ3n) is 4.04. The van der Waals surface area contributed by atoms with Gasteiger partial charge in [-0.1, -0.05) is 43.0 Å². The molecular weight excluding hydrogens is 284 g/mol. The number of nitrogens with zero attached hydrogens (tertiary/aromatic N) is 1. The molecule has 0 saturated carbocycles. The summed E-state index contributed by atoms with van der Waals surface area (Å²) < 4.78 is 5.08. The summed E-state index contributed by atoms with van der Waals surface area (Å²) in [4.78, 5) is 2.48. The summed E-state index contributed by atoms with van der Waals surface area (Å²) in [7, 11) is 1.73. The molecule has 1 aliphatic rings. The van der Waals surface area contributed by atoms with E-state index in [-0.39, 0.29) is 0 Å². The Labute approximate surface area is 133 Å². The Kier molecular flexibility index (Phi) is 7.34. The molecule has 1 fully saturated rings. The summed E-state index contributed by atoms with van der Waals surface area (Å²) in [5, 5.41) is 4.30. The van der Waals surface area contributed by atoms with E-state index in [1.165, 1.54) is 43.4 Å². The lowest BCUT2D eigenvalue weighted by Crippen LogP contribution is -2.29. The topological polar surface area (TPSA) is 24.5 Å². The van der Waals surface area contributed by atoms with Crippen LogP contribution in [0.4, 0.5) is 5.69 Å². The molecule has 2 rings (SSSR count). The number of anilines is 1. The maximum atomic E-state index is 6.50. The zero-order valence-corrected chi connectivity index (χ0v) is 13.8. The van der Waals surface area contributed by atoms with Gasteiger partial charge in [0.25, 0.3) is 0 Å². The number of benzene rings is 1. The fraction of sp³-hybridized carbons (Fsp3) is 0.647. The van der Waals surface area contributed by atoms with E-state index in [2.05, 4.69) is 16.3 Å². The monoisotopic (exact) mass is 310 g/mol. The maximum Gasteiger partial charge on any atom is 0.0642 e. The molecular formula is C17H27ClN2O. The number of ether oxygens (including phenoxy) is 1. The zero-order valence-electron chi connectivity index (χ0n) is 13.0. The Hall–Kier alpha value is -0.770. The van der Waals surface area contributed by atoms with Crippen LogP contribution in [0.2, 0.25) is 5.02 Å². The van der Waals surface area contributed by atoms with Crippen LogP contribution < -0.4 is 10.2 Å². The minimum Gasteiger partial charge on any atom is -0.383 e. The molecule has 4 heteroatoms. The van der Waals surface area contributed by atoms with E-state index in [0.717, 1.165) is 37.8 Å². The molecule has 0 radical (unpaired) electrons. The second-order valence-corrected chi connectivity index (χ2v) is 6.08. The van der Waals surface area contributed by atoms with Crippen molar-refractivity contribution in [3.8, 4) is 0 Å². The minimum absolute atomic E-state index is 0.736. The fourth-order valence-corrected chi connectivity index (χ4v) is 3.24. The van der Waals surface area contributed by atoms with Crippen LogP contribution >= 0.6 is 11.6 Å². The molecule has 1 N–H and O–H groups in total. The normalized spacial score (nSPS) is 16.6. The zero-order chi connectivity index (χ0) is 14.9. The van der Waals surface area contributed by atoms with Gasteiger partial charge in [-0.3, -0.25) is 0 Å². The molecule has 21 heavy (non-hydrogen) atoms. The number of nitrogens with one attached hydrogen (secondary N) is 1. The van der Waals surface area contributed by atoms with Crippen LogP contribution in [0.1, 0.15) is 37.7 Å². The average molecular weight is 311 g/mol. The highest BCUT2D eigenvalue weighted by Crippen LogP contribution is 2.31. The molecule has 0 aromatic heterocycles. The average Bonchev–Trinajstić information content (AvgIpc) is 2.45. The second-order valence-electron chi connectivity index (χ2n) is 5.67. The van der Waals surface area contributed by atoms with E-state index in [1.54, 1.807) is 7.11 Å². The van der Waals surface area contributed by atoms with Crippen molar-refractivity contribution in [2.24, 2.45) is 0 Å². The van der Waals surface area contributed by atoms with E-state index in [1.807, 2.05) is 12.1 Å². The Morgan fingerprint density at radius 2 is 1.86 bits per heavy atom. The minimum atomic E-state index is 0.736. The lowest BCUT2D eigenvalue weighted by atomic mass is 10.1. The highest BCUT2D eigenvalue weighted by molar-refractivity contribution is 6.33. The molecule has 118 valence electrons. The number of methoxy groups -OCH3 is 1. The lowest BCUT2D eigenvalue weighted by Gasteiger charge is -2.30. The molecule has 0 spiro atoms. The van der Waals surface area contributed by atoms with Gasteiger partial charge in [0, 0.05) is 33.3 Å². The van der Waals surface area contributed by atoms with Crippen molar-refractivity contribution in [2.45, 2.75) is 38.6 Å². The molecule has 0 atom stereocenters. The molecule has 1 aliphatic heterocycles. The van der Waals surface area contributed by atoms with Gasteiger partial charge in [-0.05, 0) is 24.5 Å². The Morgan fingerprint density at radius 1 is 1.14 bits per heavy atom. The molecule has 0 aliphatic carbocycles. The molecule has 0 bridgehead atoms. The molecule has 0 unspecified atom stereocenters. The van der Waals surface area contributed by atoms with Crippen molar-refractivity contribution in [2.75, 3.05) is 38.3 Å². The van der Waals surface area contributed by atoms with Gasteiger partial charge in [0.05, 0.1) is 17.3 Å². The largest absolute Gasteiger partial charge is 0.383 e. The van der Waals surface area contributed by atoms with Crippen molar-refractivity contribution in [3.63, 3.8) is 0 Å². The molecule has 0 amide bonds. The van der Waals surface area contributed by atoms with Gasteiger partial charge >= 0.3 is 0 Å². The molecule has 1 heterocycles. The first-order chi connectivity index (χ1) is 10.3. The van der Waals surface area contributed by atoms with Crippen LogP contribution in [-0.4, -0.2) is 33.4 Å². The molecule has 1 saturated heterocycles. The molecule has 1 aromatic rings. The van der Waals surface area contributed by atoms with Gasteiger partial charge in [0.15, 0.2) is 0 Å². The van der Waals surface area contributed by atoms with Gasteiger partial charge < -0.3 is 15.0 Å². The molecule has 1 aromatic carbocycles. The van der Waals surface area contributed by atoms with Crippen molar-refractivity contribution in [3.05, 3.63) is 28.8 Å². The van der Waals surface area contributed by atoms with Gasteiger partial charge in [0.1, 0.15) is 0 Å². The van der Waals surface area contributed by atoms with Crippen LogP contribution in [0.25, 0.3) is 0 Å². The van der Waals surface area contributed by atoms with Gasteiger partial charge in [0.2, 0.25) is 0 Å². The van der Waals surface area contributed by atoms with E-state index in [9.17, 15) is 0 Å². The Balaban J connectivity index is 2.07. The third kappa shape index (κ3) is 5.17. The summed E-state index contributed by atoms with van der Waals surface area (Å²) >= 11 is 6.50. The van der Waals surface area contributed by atoms with Crippen LogP contribution in [0.15, 0.2) is 18.2 Å². The van der Waals surface area contributed by atoms with E-state index >= 15 is 0 Å². The Bertz CT molecular complexity index is 417. The van der Waals surface area contributed by atoms with E-state index in [0.29, 0.717) is 0 Å². The third-order valence-corrected chi connectivity index (χ3v) is 4.35. The fourth-order valence-electron chi connectivity index (χ4n) is 2.93. The number of hydrogen-bond acceptors (Lipinski definition) is 3. The first-order valence-corrected chi connectivity index (χ1v) is 8.42. The Morgan fingerprint density at radius 3 is 2.57 bits per heavy atom. The summed E-state index contributed by atoms with van der Waals surface area (Å²) in [6.45, 7) is 4.68. The van der Waals surface area contributed by atoms with E-state index in [4.69, 9.17) is 16.3 Å². The predicted molar refractivity (Wildman–Crippen MR) is 90.3 cm³/mol. The quantitative estimate of drug-likeness (QED) is 0.808. The number of hydrogen-bond donors (Lipinski definition) is 1. The smallest absolute Gasteiger partial charge is 0.0642 e. The second kappa shape index (κ2) is 9.29. The lowest BCUT2D eigenvalue weighted by molar-refractivity contribution is 0.199. The van der Waals surface area contributed by atoms with Gasteiger partial charge in [-0.25, -0.2) is 0 Å². The standard InChI is InChI=1S/C17H27ClN2O/c1-21-13-10-19-14-15-8-7-9-16(18)17(15)20-11-5-3-2-4-6-12-20/h7-9,19H,2-6,10-14H2,1H3. The summed E-state index contributed by atoms with van der Waals surface area (Å²) in [5.41, 5.74) is 2.52. The molecule has 3 nitrogen and oxygen atoms in total. The first kappa shape index (κ1) is 16.6. The van der Waals surface area contributed by atoms with Crippen LogP contribution in [0.5, 0.6) is 0 Å². The maximum absolute atomic E-state index is 6.50. The number of para-hydroxylation sites is 1. The highest BCUT2D eigenvalue weighted by atomic mass is 35.5.